The van der Waals surface area contributed by atoms with Crippen molar-refractivity contribution < 1.29 is 50.2 Å². The molecule has 1 atom stereocenters. The molecule has 9 N–H and O–H groups in total. The average Bonchev–Trinajstić information content (AvgIpc) is 4.12. The molecule has 8 bridgehead atoms. The summed E-state index contributed by atoms with van der Waals surface area (Å²) in [5.41, 5.74) is 12.1. The molecule has 0 amide bonds. The van der Waals surface area contributed by atoms with E-state index in [1.807, 2.05) is 58.0 Å². The van der Waals surface area contributed by atoms with Crippen LogP contribution in [0.2, 0.25) is 0 Å². The van der Waals surface area contributed by atoms with Gasteiger partial charge in [-0.3, -0.25) is 0 Å². The first-order valence-corrected chi connectivity index (χ1v) is 30.2. The first-order chi connectivity index (χ1) is 35.2. The Kier molecular flexibility index (Phi) is 14.5. The van der Waals surface area contributed by atoms with Gasteiger partial charge in [0, 0.05) is 16.3 Å². The van der Waals surface area contributed by atoms with Crippen molar-refractivity contribution in [2.75, 3.05) is 0 Å². The van der Waals surface area contributed by atoms with Crippen LogP contribution in [0.1, 0.15) is 118 Å². The van der Waals surface area contributed by atoms with E-state index < -0.39 is 46.0 Å². The first-order valence-electron chi connectivity index (χ1n) is 24.0. The summed E-state index contributed by atoms with van der Waals surface area (Å²) < 4.78 is 107. The van der Waals surface area contributed by atoms with Gasteiger partial charge in [-0.05, 0) is 213 Å². The maximum absolute atomic E-state index is 13.4. The second kappa shape index (κ2) is 19.6. The van der Waals surface area contributed by atoms with Gasteiger partial charge in [0.2, 0.25) is 40.1 Å². The summed E-state index contributed by atoms with van der Waals surface area (Å²) in [6, 6.07) is 17.9. The third kappa shape index (κ3) is 9.69. The largest absolute Gasteiger partial charge is 2.00 e. The maximum Gasteiger partial charge on any atom is 2.00 e. The summed E-state index contributed by atoms with van der Waals surface area (Å²) in [6.45, 7) is 21.0. The van der Waals surface area contributed by atoms with Crippen molar-refractivity contribution in [3.8, 4) is 0 Å². The number of nitrogens with one attached hydrogen (secondary N) is 1. The van der Waals surface area contributed by atoms with E-state index in [2.05, 4.69) is 4.98 Å². The zero-order valence-corrected chi connectivity index (χ0v) is 48.6. The standard InChI is InChI=1S/C56H58N8O8S4.Ni/c1-25-21-29(5)53(73(57,65)66)33(9)45(25)49-37-13-15-39(61-37)50(46-26(2)22-30(6)54(34(46)10)74(58,67)68)41-17-19-43(63-41)52(48-28(4)24-32(8)56(36(48)12)76(60,71)72)44-20-18-42(64-44)51(40-16-14-38(49)62-40)47-27(3)23-31(7)55(35(47)11)75(59,69)70;/h13-24,49,63H,1-12H3,(H2,57,65,66)(H2,58,67,68)(H2,59,69,70)(H2,60,71,72);/q-2;+2. The van der Waals surface area contributed by atoms with E-state index in [-0.39, 0.29) is 36.1 Å². The van der Waals surface area contributed by atoms with E-state index in [4.69, 9.17) is 35.5 Å². The second-order valence-corrected chi connectivity index (χ2v) is 26.1. The van der Waals surface area contributed by atoms with Crippen molar-refractivity contribution in [3.63, 3.8) is 0 Å². The normalized spacial score (nSPS) is 15.1. The van der Waals surface area contributed by atoms with Gasteiger partial charge in [-0.1, -0.05) is 48.5 Å². The number of hydrogen-bond donors (Lipinski definition) is 5. The predicted molar refractivity (Wildman–Crippen MR) is 295 cm³/mol. The number of aromatic nitrogens is 3. The van der Waals surface area contributed by atoms with Crippen molar-refractivity contribution in [2.24, 2.45) is 25.5 Å². The SMILES string of the molecule is Cc1cc(C)c(S(N)(=O)=O)c(C)c1C1=C2C=CC(=N2)C(c2c(C)cc(C)c(S(N)(=O)=O)c2C)=c2ccc([nH]2)=C(c2c(C)cc(C)c(S(N)(=O)=O)c2C)c2ccc([n-]2)C(c2c(C)cc(C)c(S(N)(=O)=O)c2C)c2ccc1[n-]2.[Ni+2]. The summed E-state index contributed by atoms with van der Waals surface area (Å²) in [4.78, 5) is 19.5. The molecule has 7 aromatic rings. The Bertz CT molecular complexity index is 4480. The molecule has 4 aromatic carbocycles. The van der Waals surface area contributed by atoms with Crippen molar-refractivity contribution in [3.05, 3.63) is 201 Å². The van der Waals surface area contributed by atoms with Gasteiger partial charge in [0.15, 0.2) is 0 Å². The molecule has 16 nitrogen and oxygen atoms in total. The number of aliphatic imine (C=N–C) groups is 1. The molecule has 0 saturated carbocycles. The minimum Gasteiger partial charge on any atom is -0.660 e. The minimum atomic E-state index is -4.28. The van der Waals surface area contributed by atoms with E-state index in [0.717, 1.165) is 5.56 Å². The Labute approximate surface area is 459 Å². The van der Waals surface area contributed by atoms with Crippen LogP contribution in [0.5, 0.6) is 0 Å². The molecule has 0 aliphatic carbocycles. The van der Waals surface area contributed by atoms with Crippen LogP contribution in [0.4, 0.5) is 0 Å². The fourth-order valence-corrected chi connectivity index (χ4v) is 16.5. The van der Waals surface area contributed by atoms with Gasteiger partial charge in [0.1, 0.15) is 0 Å². The number of nitrogens with zero attached hydrogens (tertiary/aromatic N) is 3. The van der Waals surface area contributed by atoms with Crippen molar-refractivity contribution in [1.29, 1.82) is 0 Å². The molecule has 0 radical (unpaired) electrons. The third-order valence-corrected chi connectivity index (χ3v) is 19.4. The third-order valence-electron chi connectivity index (χ3n) is 14.6. The zero-order valence-electron chi connectivity index (χ0n) is 44.4. The molecule has 3 aromatic heterocycles. The Morgan fingerprint density at radius 2 is 0.779 bits per heavy atom. The summed E-state index contributed by atoms with van der Waals surface area (Å²) in [5.74, 6) is -0.859. The topological polar surface area (TPSA) is 297 Å². The number of allylic oxidation sites excluding steroid dienone is 2. The zero-order chi connectivity index (χ0) is 55.8. The molecular weight excluding hydrogens is 1100 g/mol. The monoisotopic (exact) mass is 1160 g/mol. The number of rotatable bonds is 8. The summed E-state index contributed by atoms with van der Waals surface area (Å²) in [5, 5.41) is 24.7. The molecule has 9 rings (SSSR count). The van der Waals surface area contributed by atoms with Gasteiger partial charge in [0.05, 0.1) is 31.0 Å². The Hall–Kier alpha value is -6.26. The number of nitrogens with two attached hydrogens (primary N) is 4. The quantitative estimate of drug-likeness (QED) is 0.117. The van der Waals surface area contributed by atoms with Crippen LogP contribution in [0.3, 0.4) is 0 Å². The van der Waals surface area contributed by atoms with Crippen LogP contribution in [0.15, 0.2) is 103 Å². The van der Waals surface area contributed by atoms with Crippen LogP contribution < -0.4 is 41.2 Å². The number of aromatic amines is 1. The van der Waals surface area contributed by atoms with Crippen LogP contribution in [-0.4, -0.2) is 44.4 Å². The van der Waals surface area contributed by atoms with Gasteiger partial charge >= 0.3 is 16.5 Å². The molecule has 0 spiro atoms. The van der Waals surface area contributed by atoms with E-state index in [9.17, 15) is 33.7 Å². The van der Waals surface area contributed by atoms with Gasteiger partial charge in [-0.25, -0.2) is 59.2 Å². The molecule has 404 valence electrons. The smallest absolute Gasteiger partial charge is 0.660 e. The molecule has 5 heterocycles. The van der Waals surface area contributed by atoms with Gasteiger partial charge in [0.25, 0.3) is 0 Å². The average molecular weight is 1160 g/mol. The predicted octanol–water partition coefficient (Wildman–Crippen LogP) is 5.63. The number of sulfonamides is 4. The van der Waals surface area contributed by atoms with Crippen LogP contribution >= 0.6 is 0 Å². The number of aryl methyl sites for hydroxylation is 8. The fraction of sp³-hybridized carbons (Fsp3) is 0.232. The van der Waals surface area contributed by atoms with Crippen molar-refractivity contribution >= 4 is 62.5 Å². The molecular formula is C56H58N8NiO8S4. The number of fused-ring (bicyclic) bond motifs is 7. The van der Waals surface area contributed by atoms with E-state index in [1.54, 1.807) is 97.9 Å². The van der Waals surface area contributed by atoms with E-state index in [1.165, 1.54) is 0 Å². The minimum absolute atomic E-state index is 0. The van der Waals surface area contributed by atoms with Gasteiger partial charge in [-0.2, -0.15) is 0 Å². The van der Waals surface area contributed by atoms with Gasteiger partial charge in [-0.15, -0.1) is 22.8 Å². The molecule has 0 saturated heterocycles. The molecule has 21 heteroatoms. The number of primary sulfonamides is 4. The van der Waals surface area contributed by atoms with Crippen LogP contribution in [-0.2, 0) is 56.6 Å². The van der Waals surface area contributed by atoms with Crippen molar-refractivity contribution in [1.82, 2.24) is 15.0 Å². The van der Waals surface area contributed by atoms with Crippen LogP contribution in [0.25, 0.3) is 16.7 Å². The Balaban J connectivity index is 0.00000784. The number of benzene rings is 4. The van der Waals surface area contributed by atoms with E-state index >= 15 is 0 Å². The maximum atomic E-state index is 13.4. The van der Waals surface area contributed by atoms with Crippen LogP contribution in [0, 0.1) is 83.1 Å². The Morgan fingerprint density at radius 3 is 1.19 bits per heavy atom. The molecule has 0 fully saturated rings. The number of hydrogen-bond acceptors (Lipinski definition) is 9. The van der Waals surface area contributed by atoms with Gasteiger partial charge < -0.3 is 15.0 Å². The molecule has 77 heavy (non-hydrogen) atoms. The Morgan fingerprint density at radius 1 is 0.429 bits per heavy atom. The summed E-state index contributed by atoms with van der Waals surface area (Å²) in [7, 11) is -17.1. The van der Waals surface area contributed by atoms with E-state index in [0.29, 0.717) is 145 Å². The molecule has 2 aliphatic heterocycles. The fourth-order valence-electron chi connectivity index (χ4n) is 12.4. The summed E-state index contributed by atoms with van der Waals surface area (Å²) >= 11 is 0. The summed E-state index contributed by atoms with van der Waals surface area (Å²) in [6.07, 6.45) is 3.58. The first kappa shape index (κ1) is 56.9. The number of H-pyrrole nitrogens is 1. The molecule has 2 aliphatic rings. The second-order valence-electron chi connectivity index (χ2n) is 20.1. The van der Waals surface area contributed by atoms with Crippen molar-refractivity contribution in [2.45, 2.75) is 109 Å². The molecule has 1 unspecified atom stereocenters.